The minimum absolute atomic E-state index is 0.0533. The second-order valence-corrected chi connectivity index (χ2v) is 6.95. The molecule has 0 bridgehead atoms. The van der Waals surface area contributed by atoms with Crippen molar-refractivity contribution in [2.24, 2.45) is 4.99 Å². The highest BCUT2D eigenvalue weighted by Crippen LogP contribution is 2.37. The van der Waals surface area contributed by atoms with Crippen LogP contribution in [0.1, 0.15) is 25.8 Å². The van der Waals surface area contributed by atoms with Crippen LogP contribution >= 0.6 is 11.6 Å². The average molecular weight is 410 g/mol. The third kappa shape index (κ3) is 5.75. The predicted octanol–water partition coefficient (Wildman–Crippen LogP) is 7.07. The van der Waals surface area contributed by atoms with Crippen LogP contribution in [0.15, 0.2) is 71.7 Å². The first-order chi connectivity index (χ1) is 14.1. The van der Waals surface area contributed by atoms with Crippen molar-refractivity contribution in [3.63, 3.8) is 0 Å². The quantitative estimate of drug-likeness (QED) is 0.373. The van der Waals surface area contributed by atoms with E-state index >= 15 is 0 Å². The van der Waals surface area contributed by atoms with E-state index in [4.69, 9.17) is 25.8 Å². The van der Waals surface area contributed by atoms with Gasteiger partial charge in [0.25, 0.3) is 0 Å². The zero-order valence-electron chi connectivity index (χ0n) is 16.8. The first-order valence-corrected chi connectivity index (χ1v) is 9.88. The van der Waals surface area contributed by atoms with Crippen LogP contribution in [-0.2, 0) is 0 Å². The summed E-state index contributed by atoms with van der Waals surface area (Å²) in [5.41, 5.74) is 1.63. The fourth-order valence-corrected chi connectivity index (χ4v) is 2.85. The summed E-state index contributed by atoms with van der Waals surface area (Å²) >= 11 is 6.41. The van der Waals surface area contributed by atoms with Gasteiger partial charge < -0.3 is 14.2 Å². The lowest BCUT2D eigenvalue weighted by Gasteiger charge is -2.17. The molecule has 0 fully saturated rings. The lowest BCUT2D eigenvalue weighted by molar-refractivity contribution is 0.208. The molecule has 0 radical (unpaired) electrons. The zero-order chi connectivity index (χ0) is 20.6. The highest BCUT2D eigenvalue weighted by atomic mass is 35.5. The van der Waals surface area contributed by atoms with Gasteiger partial charge in [-0.25, -0.2) is 0 Å². The highest BCUT2D eigenvalue weighted by molar-refractivity contribution is 6.32. The third-order valence-electron chi connectivity index (χ3n) is 4.32. The minimum atomic E-state index is 0.0533. The molecule has 0 unspecified atom stereocenters. The molecule has 5 heteroatoms. The molecule has 0 aliphatic heterocycles. The third-order valence-corrected chi connectivity index (χ3v) is 4.60. The summed E-state index contributed by atoms with van der Waals surface area (Å²) in [7, 11) is 1.60. The van der Waals surface area contributed by atoms with Crippen molar-refractivity contribution in [1.29, 1.82) is 0 Å². The molecule has 150 valence electrons. The number of rotatable bonds is 8. The Kier molecular flexibility index (Phi) is 7.14. The van der Waals surface area contributed by atoms with E-state index in [1.165, 1.54) is 0 Å². The van der Waals surface area contributed by atoms with Crippen LogP contribution < -0.4 is 14.2 Å². The average Bonchev–Trinajstić information content (AvgIpc) is 2.75. The Morgan fingerprint density at radius 2 is 1.69 bits per heavy atom. The second-order valence-electron chi connectivity index (χ2n) is 6.54. The SMILES string of the molecule is CC[C@H](C)Oc1c(Cl)cc(C=Nc2ccc(Oc3ccccc3)cc2)cc1OC. The van der Waals surface area contributed by atoms with E-state index in [2.05, 4.69) is 11.9 Å². The van der Waals surface area contributed by atoms with Crippen LogP contribution in [0.25, 0.3) is 0 Å². The Morgan fingerprint density at radius 3 is 2.34 bits per heavy atom. The summed E-state index contributed by atoms with van der Waals surface area (Å²) in [6, 6.07) is 20.9. The number of nitrogens with zero attached hydrogens (tertiary/aromatic N) is 1. The van der Waals surface area contributed by atoms with Crippen LogP contribution in [0.3, 0.4) is 0 Å². The van der Waals surface area contributed by atoms with Crippen molar-refractivity contribution in [1.82, 2.24) is 0 Å². The van der Waals surface area contributed by atoms with E-state index in [1.807, 2.05) is 73.7 Å². The number of benzene rings is 3. The largest absolute Gasteiger partial charge is 0.493 e. The zero-order valence-corrected chi connectivity index (χ0v) is 17.5. The van der Waals surface area contributed by atoms with Crippen LogP contribution in [0, 0.1) is 0 Å². The number of para-hydroxylation sites is 1. The van der Waals surface area contributed by atoms with Crippen molar-refractivity contribution in [2.75, 3.05) is 7.11 Å². The van der Waals surface area contributed by atoms with Crippen molar-refractivity contribution in [2.45, 2.75) is 26.4 Å². The van der Waals surface area contributed by atoms with Crippen molar-refractivity contribution in [3.8, 4) is 23.0 Å². The topological polar surface area (TPSA) is 40.0 Å². The lowest BCUT2D eigenvalue weighted by Crippen LogP contribution is -2.11. The van der Waals surface area contributed by atoms with Gasteiger partial charge in [-0.15, -0.1) is 0 Å². The molecule has 0 heterocycles. The molecule has 0 amide bonds. The molecule has 0 aromatic heterocycles. The Morgan fingerprint density at radius 1 is 1.00 bits per heavy atom. The van der Waals surface area contributed by atoms with Crippen LogP contribution in [0.4, 0.5) is 5.69 Å². The summed E-state index contributed by atoms with van der Waals surface area (Å²) in [5.74, 6) is 2.70. The van der Waals surface area contributed by atoms with E-state index in [0.717, 1.165) is 29.2 Å². The van der Waals surface area contributed by atoms with Gasteiger partial charge in [0.05, 0.1) is 23.9 Å². The molecule has 0 aliphatic rings. The monoisotopic (exact) mass is 409 g/mol. The van der Waals surface area contributed by atoms with Gasteiger partial charge in [0.2, 0.25) is 0 Å². The molecule has 0 saturated carbocycles. The maximum absolute atomic E-state index is 6.41. The van der Waals surface area contributed by atoms with Crippen LogP contribution in [0.5, 0.6) is 23.0 Å². The lowest BCUT2D eigenvalue weighted by atomic mass is 10.2. The molecule has 0 N–H and O–H groups in total. The summed E-state index contributed by atoms with van der Waals surface area (Å²) in [6.45, 7) is 4.05. The van der Waals surface area contributed by atoms with E-state index in [9.17, 15) is 0 Å². The first kappa shape index (κ1) is 20.7. The second kappa shape index (κ2) is 9.99. The van der Waals surface area contributed by atoms with Gasteiger partial charge in [-0.05, 0) is 67.4 Å². The number of ether oxygens (including phenoxy) is 3. The van der Waals surface area contributed by atoms with Gasteiger partial charge in [0.15, 0.2) is 11.5 Å². The minimum Gasteiger partial charge on any atom is -0.493 e. The highest BCUT2D eigenvalue weighted by Gasteiger charge is 2.14. The molecule has 3 aromatic rings. The summed E-state index contributed by atoms with van der Waals surface area (Å²) in [4.78, 5) is 4.51. The summed E-state index contributed by atoms with van der Waals surface area (Å²) in [6.07, 6.45) is 2.68. The fourth-order valence-electron chi connectivity index (χ4n) is 2.59. The predicted molar refractivity (Wildman–Crippen MR) is 119 cm³/mol. The maximum Gasteiger partial charge on any atom is 0.180 e. The number of halogens is 1. The van der Waals surface area contributed by atoms with Gasteiger partial charge in [-0.3, -0.25) is 4.99 Å². The van der Waals surface area contributed by atoms with E-state index in [0.29, 0.717) is 16.5 Å². The van der Waals surface area contributed by atoms with Gasteiger partial charge in [0, 0.05) is 6.21 Å². The van der Waals surface area contributed by atoms with Crippen LogP contribution in [0.2, 0.25) is 5.02 Å². The van der Waals surface area contributed by atoms with Crippen molar-refractivity contribution in [3.05, 3.63) is 77.3 Å². The van der Waals surface area contributed by atoms with E-state index in [1.54, 1.807) is 13.3 Å². The number of hydrogen-bond acceptors (Lipinski definition) is 4. The molecule has 1 atom stereocenters. The van der Waals surface area contributed by atoms with Gasteiger partial charge in [-0.1, -0.05) is 36.7 Å². The number of methoxy groups -OCH3 is 1. The van der Waals surface area contributed by atoms with Gasteiger partial charge in [-0.2, -0.15) is 0 Å². The number of hydrogen-bond donors (Lipinski definition) is 0. The standard InChI is InChI=1S/C24H24ClNO3/c1-4-17(2)28-24-22(25)14-18(15-23(24)27-3)16-26-19-10-12-21(13-11-19)29-20-8-6-5-7-9-20/h5-17H,4H2,1-3H3/t17-/m0/s1. The molecular formula is C24H24ClNO3. The Balaban J connectivity index is 1.73. The fraction of sp³-hybridized carbons (Fsp3) is 0.208. The van der Waals surface area contributed by atoms with Crippen molar-refractivity contribution < 1.29 is 14.2 Å². The molecule has 0 aliphatic carbocycles. The Labute approximate surface area is 176 Å². The normalized spacial score (nSPS) is 12.0. The smallest absolute Gasteiger partial charge is 0.180 e. The molecule has 4 nitrogen and oxygen atoms in total. The van der Waals surface area contributed by atoms with E-state index < -0.39 is 0 Å². The Hall–Kier alpha value is -2.98. The summed E-state index contributed by atoms with van der Waals surface area (Å²) < 4.78 is 17.1. The molecule has 3 rings (SSSR count). The van der Waals surface area contributed by atoms with Gasteiger partial charge in [0.1, 0.15) is 11.5 Å². The molecule has 0 spiro atoms. The molecular weight excluding hydrogens is 386 g/mol. The van der Waals surface area contributed by atoms with Gasteiger partial charge >= 0.3 is 0 Å². The summed E-state index contributed by atoms with van der Waals surface area (Å²) in [5, 5.41) is 0.498. The molecule has 0 saturated heterocycles. The van der Waals surface area contributed by atoms with Crippen molar-refractivity contribution >= 4 is 23.5 Å². The van der Waals surface area contributed by atoms with E-state index in [-0.39, 0.29) is 6.10 Å². The molecule has 29 heavy (non-hydrogen) atoms. The Bertz CT molecular complexity index is 956. The molecule has 3 aromatic carbocycles. The first-order valence-electron chi connectivity index (χ1n) is 9.50. The number of aliphatic imine (C=N–C) groups is 1. The van der Waals surface area contributed by atoms with Crippen LogP contribution in [-0.4, -0.2) is 19.4 Å². The maximum atomic E-state index is 6.41.